The quantitative estimate of drug-likeness (QED) is 0.332. The topological polar surface area (TPSA) is 144 Å². The fraction of sp³-hybridized carbons (Fsp3) is 0.333. The number of aromatic nitrogens is 4. The third kappa shape index (κ3) is 4.97. The summed E-state index contributed by atoms with van der Waals surface area (Å²) >= 11 is 0. The Labute approximate surface area is 230 Å². The van der Waals surface area contributed by atoms with Gasteiger partial charge in [0.05, 0.1) is 17.8 Å². The van der Waals surface area contributed by atoms with Crippen LogP contribution in [0.5, 0.6) is 0 Å². The molecule has 0 bridgehead atoms. The number of amides is 1. The summed E-state index contributed by atoms with van der Waals surface area (Å²) in [5.74, 6) is -1.04. The number of rotatable bonds is 7. The lowest BCUT2D eigenvalue weighted by Gasteiger charge is -2.24. The molecule has 1 N–H and O–H groups in total. The number of hydrogen-bond donors (Lipinski definition) is 1. The Morgan fingerprint density at radius 3 is 2.50 bits per heavy atom. The SMILES string of the molecule is Cc1ccc(S(=O)(=O)OC[C@H]2O[C@@H](n3cnc4c(NC(=O)c5ccccc5)ncnc43)[C@@H]3OC(C)(C)O[C@@H]32)cc1. The van der Waals surface area contributed by atoms with Crippen molar-refractivity contribution in [3.8, 4) is 0 Å². The smallest absolute Gasteiger partial charge is 0.297 e. The molecular formula is C27H27N5O7S. The summed E-state index contributed by atoms with van der Waals surface area (Å²) in [6.45, 7) is 5.13. The molecule has 13 heteroatoms. The second-order valence-electron chi connectivity index (χ2n) is 10.0. The van der Waals surface area contributed by atoms with Crippen LogP contribution in [0.4, 0.5) is 5.82 Å². The van der Waals surface area contributed by atoms with Crippen molar-refractivity contribution in [2.24, 2.45) is 0 Å². The van der Waals surface area contributed by atoms with Crippen molar-refractivity contribution in [2.45, 2.75) is 56.0 Å². The molecule has 2 aromatic heterocycles. The van der Waals surface area contributed by atoms with E-state index in [4.69, 9.17) is 18.4 Å². The Hall–Kier alpha value is -3.75. The van der Waals surface area contributed by atoms with E-state index >= 15 is 0 Å². The summed E-state index contributed by atoms with van der Waals surface area (Å²) in [6, 6.07) is 15.1. The third-order valence-corrected chi connectivity index (χ3v) is 8.02. The van der Waals surface area contributed by atoms with E-state index in [1.165, 1.54) is 24.8 Å². The Morgan fingerprint density at radius 1 is 1.02 bits per heavy atom. The van der Waals surface area contributed by atoms with Crippen molar-refractivity contribution < 1.29 is 31.6 Å². The maximum Gasteiger partial charge on any atom is 0.297 e. The first-order valence-electron chi connectivity index (χ1n) is 12.6. The monoisotopic (exact) mass is 565 g/mol. The zero-order valence-corrected chi connectivity index (χ0v) is 22.7. The molecule has 2 saturated heterocycles. The van der Waals surface area contributed by atoms with Crippen molar-refractivity contribution in [3.63, 3.8) is 0 Å². The number of carbonyl (C=O) groups is 1. The minimum atomic E-state index is -4.02. The van der Waals surface area contributed by atoms with Gasteiger partial charge in [-0.05, 0) is 45.0 Å². The lowest BCUT2D eigenvalue weighted by atomic mass is 10.1. The zero-order valence-electron chi connectivity index (χ0n) is 21.9. The number of fused-ring (bicyclic) bond motifs is 2. The minimum absolute atomic E-state index is 0.0514. The van der Waals surface area contributed by atoms with Gasteiger partial charge in [-0.3, -0.25) is 13.5 Å². The molecule has 0 spiro atoms. The number of ether oxygens (including phenoxy) is 3. The summed E-state index contributed by atoms with van der Waals surface area (Å²) in [6.07, 6.45) is 0.0667. The Morgan fingerprint density at radius 2 is 1.75 bits per heavy atom. The van der Waals surface area contributed by atoms with Gasteiger partial charge in [0.15, 0.2) is 29.0 Å². The van der Waals surface area contributed by atoms with Crippen LogP contribution in [0.3, 0.4) is 0 Å². The second kappa shape index (κ2) is 10.0. The molecular weight excluding hydrogens is 538 g/mol. The normalized spacial score (nSPS) is 23.8. The van der Waals surface area contributed by atoms with Crippen LogP contribution in [0, 0.1) is 6.92 Å². The molecule has 2 aliphatic heterocycles. The molecule has 2 fully saturated rings. The molecule has 0 radical (unpaired) electrons. The first kappa shape index (κ1) is 26.5. The number of imidazole rings is 1. The fourth-order valence-electron chi connectivity index (χ4n) is 4.85. The van der Waals surface area contributed by atoms with Crippen molar-refractivity contribution >= 4 is 33.0 Å². The van der Waals surface area contributed by atoms with Gasteiger partial charge >= 0.3 is 0 Å². The van der Waals surface area contributed by atoms with Crippen LogP contribution in [0.2, 0.25) is 0 Å². The highest BCUT2D eigenvalue weighted by molar-refractivity contribution is 7.86. The first-order chi connectivity index (χ1) is 19.1. The van der Waals surface area contributed by atoms with Gasteiger partial charge in [-0.25, -0.2) is 15.0 Å². The number of anilines is 1. The molecule has 208 valence electrons. The van der Waals surface area contributed by atoms with Crippen LogP contribution in [0.1, 0.15) is 36.0 Å². The Kier molecular flexibility index (Phi) is 6.63. The van der Waals surface area contributed by atoms with Gasteiger partial charge in [0.2, 0.25) is 0 Å². The van der Waals surface area contributed by atoms with E-state index in [1.807, 2.05) is 13.0 Å². The predicted octanol–water partition coefficient (Wildman–Crippen LogP) is 3.21. The van der Waals surface area contributed by atoms with Crippen molar-refractivity contribution in [1.29, 1.82) is 0 Å². The van der Waals surface area contributed by atoms with E-state index in [0.29, 0.717) is 16.7 Å². The van der Waals surface area contributed by atoms with Gasteiger partial charge in [-0.2, -0.15) is 8.42 Å². The number of benzene rings is 2. The van der Waals surface area contributed by atoms with Gasteiger partial charge in [0.25, 0.3) is 16.0 Å². The third-order valence-electron chi connectivity index (χ3n) is 6.72. The molecule has 0 aliphatic carbocycles. The highest BCUT2D eigenvalue weighted by Gasteiger charge is 2.56. The van der Waals surface area contributed by atoms with Crippen molar-refractivity contribution in [2.75, 3.05) is 11.9 Å². The molecule has 40 heavy (non-hydrogen) atoms. The van der Waals surface area contributed by atoms with Crippen LogP contribution >= 0.6 is 0 Å². The average molecular weight is 566 g/mol. The molecule has 2 aliphatic rings. The number of carbonyl (C=O) groups excluding carboxylic acids is 1. The molecule has 4 atom stereocenters. The molecule has 1 amide bonds. The van der Waals surface area contributed by atoms with Gasteiger partial charge in [0, 0.05) is 5.56 Å². The van der Waals surface area contributed by atoms with Crippen LogP contribution in [-0.2, 0) is 28.5 Å². The van der Waals surface area contributed by atoms with Crippen LogP contribution < -0.4 is 5.32 Å². The molecule has 4 aromatic rings. The molecule has 2 aromatic carbocycles. The highest BCUT2D eigenvalue weighted by atomic mass is 32.2. The number of nitrogens with one attached hydrogen (secondary N) is 1. The Bertz CT molecular complexity index is 1660. The standard InChI is InChI=1S/C27H27N5O7S/c1-16-9-11-18(12-10-16)40(34,35)36-13-19-21-22(39-27(2,3)38-21)26(37-19)32-15-30-20-23(28-14-29-24(20)32)31-25(33)17-7-5-4-6-8-17/h4-12,14-15,19,21-22,26H,13H2,1-3H3,(H,28,29,31,33)/t19-,21-,22-,26-/m1/s1. The summed E-state index contributed by atoms with van der Waals surface area (Å²) in [4.78, 5) is 25.8. The summed E-state index contributed by atoms with van der Waals surface area (Å²) in [7, 11) is -4.02. The molecule has 4 heterocycles. The predicted molar refractivity (Wildman–Crippen MR) is 142 cm³/mol. The van der Waals surface area contributed by atoms with Crippen molar-refractivity contribution in [1.82, 2.24) is 19.5 Å². The summed E-state index contributed by atoms with van der Waals surface area (Å²) in [5.41, 5.74) is 2.15. The summed E-state index contributed by atoms with van der Waals surface area (Å²) < 4.78 is 51.2. The Balaban J connectivity index is 1.26. The van der Waals surface area contributed by atoms with Gasteiger partial charge < -0.3 is 19.5 Å². The van der Waals surface area contributed by atoms with Gasteiger partial charge in [-0.15, -0.1) is 0 Å². The van der Waals surface area contributed by atoms with E-state index in [2.05, 4.69) is 20.3 Å². The van der Waals surface area contributed by atoms with Crippen molar-refractivity contribution in [3.05, 3.63) is 78.4 Å². The minimum Gasteiger partial charge on any atom is -0.347 e. The van der Waals surface area contributed by atoms with E-state index in [1.54, 1.807) is 54.8 Å². The highest BCUT2D eigenvalue weighted by Crippen LogP contribution is 2.44. The van der Waals surface area contributed by atoms with E-state index in [9.17, 15) is 13.2 Å². The van der Waals surface area contributed by atoms with E-state index < -0.39 is 40.4 Å². The first-order valence-corrected chi connectivity index (χ1v) is 14.0. The molecule has 6 rings (SSSR count). The zero-order chi connectivity index (χ0) is 28.1. The van der Waals surface area contributed by atoms with E-state index in [-0.39, 0.29) is 23.2 Å². The summed E-state index contributed by atoms with van der Waals surface area (Å²) in [5, 5.41) is 2.78. The fourth-order valence-corrected chi connectivity index (χ4v) is 5.76. The van der Waals surface area contributed by atoms with E-state index in [0.717, 1.165) is 5.56 Å². The molecule has 0 saturated carbocycles. The lowest BCUT2D eigenvalue weighted by Crippen LogP contribution is -2.33. The number of aryl methyl sites for hydroxylation is 1. The number of nitrogens with zero attached hydrogens (tertiary/aromatic N) is 4. The number of hydrogen-bond acceptors (Lipinski definition) is 10. The van der Waals surface area contributed by atoms with Crippen LogP contribution in [0.25, 0.3) is 11.2 Å². The van der Waals surface area contributed by atoms with Gasteiger partial charge in [-0.1, -0.05) is 35.9 Å². The van der Waals surface area contributed by atoms with Gasteiger partial charge in [0.1, 0.15) is 24.6 Å². The van der Waals surface area contributed by atoms with Crippen LogP contribution in [0.15, 0.2) is 72.1 Å². The molecule has 12 nitrogen and oxygen atoms in total. The van der Waals surface area contributed by atoms with Crippen LogP contribution in [-0.4, -0.2) is 64.5 Å². The maximum atomic E-state index is 12.8. The average Bonchev–Trinajstić information content (AvgIpc) is 3.59. The molecule has 0 unspecified atom stereocenters. The maximum absolute atomic E-state index is 12.8. The second-order valence-corrected chi connectivity index (χ2v) is 11.7. The lowest BCUT2D eigenvalue weighted by molar-refractivity contribution is -0.198. The largest absolute Gasteiger partial charge is 0.347 e.